The van der Waals surface area contributed by atoms with Crippen LogP contribution in [0.1, 0.15) is 32.3 Å². The molecule has 0 aliphatic heterocycles. The fraction of sp³-hybridized carbons (Fsp3) is 0.455. The summed E-state index contributed by atoms with van der Waals surface area (Å²) in [5.41, 5.74) is 11.2. The third kappa shape index (κ3) is 9.97. The predicted octanol–water partition coefficient (Wildman–Crippen LogP) is -2.19. The number of rotatable bonds is 14. The molecule has 0 aliphatic rings. The molecule has 0 saturated carbocycles. The molecule has 0 radical (unpaired) electrons. The Morgan fingerprint density at radius 3 is 1.78 bits per heavy atom. The molecule has 14 heteroatoms. The lowest BCUT2D eigenvalue weighted by Crippen LogP contribution is -2.58. The lowest BCUT2D eigenvalue weighted by molar-refractivity contribution is -0.144. The lowest BCUT2D eigenvalue weighted by Gasteiger charge is -2.25. The number of aliphatic carboxylic acids is 2. The number of amides is 4. The van der Waals surface area contributed by atoms with Crippen molar-refractivity contribution in [1.82, 2.24) is 16.0 Å². The van der Waals surface area contributed by atoms with E-state index >= 15 is 0 Å². The summed E-state index contributed by atoms with van der Waals surface area (Å²) in [5.74, 6) is -7.17. The molecular weight excluding hydrogens is 478 g/mol. The van der Waals surface area contributed by atoms with Gasteiger partial charge in [0.2, 0.25) is 23.6 Å². The number of hydrogen-bond acceptors (Lipinski definition) is 8. The highest BCUT2D eigenvalue weighted by atomic mass is 16.4. The minimum Gasteiger partial charge on any atom is -0.508 e. The summed E-state index contributed by atoms with van der Waals surface area (Å²) in [4.78, 5) is 72.0. The third-order valence-corrected chi connectivity index (χ3v) is 5.06. The molecule has 1 aromatic carbocycles. The molecule has 0 heterocycles. The molecule has 0 fully saturated rings. The fourth-order valence-electron chi connectivity index (χ4n) is 2.98. The summed E-state index contributed by atoms with van der Waals surface area (Å²) in [5, 5.41) is 34.6. The Hall–Kier alpha value is -4.20. The maximum absolute atomic E-state index is 12.9. The summed E-state index contributed by atoms with van der Waals surface area (Å²) in [6, 6.07) is -0.251. The van der Waals surface area contributed by atoms with E-state index in [-0.39, 0.29) is 18.1 Å². The number of phenolic OH excluding ortho intramolecular Hbond substituents is 1. The van der Waals surface area contributed by atoms with E-state index in [1.54, 1.807) is 13.8 Å². The third-order valence-electron chi connectivity index (χ3n) is 5.06. The number of carbonyl (C=O) groups is 6. The van der Waals surface area contributed by atoms with Gasteiger partial charge >= 0.3 is 11.9 Å². The Balaban J connectivity index is 3.19. The molecule has 36 heavy (non-hydrogen) atoms. The summed E-state index contributed by atoms with van der Waals surface area (Å²) >= 11 is 0. The number of carboxylic acids is 2. The molecule has 4 amide bonds. The van der Waals surface area contributed by atoms with Crippen molar-refractivity contribution in [1.29, 1.82) is 0 Å². The number of carboxylic acid groups (broad SMARTS) is 2. The highest BCUT2D eigenvalue weighted by Gasteiger charge is 2.32. The summed E-state index contributed by atoms with van der Waals surface area (Å²) < 4.78 is 0. The Kier molecular flexibility index (Phi) is 11.3. The van der Waals surface area contributed by atoms with Crippen LogP contribution in [0.4, 0.5) is 0 Å². The van der Waals surface area contributed by atoms with Gasteiger partial charge in [0.1, 0.15) is 23.9 Å². The van der Waals surface area contributed by atoms with Crippen LogP contribution >= 0.6 is 0 Å². The number of phenols is 1. The Morgan fingerprint density at radius 1 is 0.806 bits per heavy atom. The number of nitrogens with two attached hydrogens (primary N) is 2. The van der Waals surface area contributed by atoms with E-state index in [4.69, 9.17) is 11.5 Å². The van der Waals surface area contributed by atoms with Crippen LogP contribution in [0.5, 0.6) is 5.75 Å². The van der Waals surface area contributed by atoms with E-state index < -0.39 is 72.6 Å². The van der Waals surface area contributed by atoms with Crippen molar-refractivity contribution in [3.63, 3.8) is 0 Å². The molecule has 1 rings (SSSR count). The molecule has 0 spiro atoms. The number of hydrogen-bond donors (Lipinski definition) is 8. The number of benzene rings is 1. The van der Waals surface area contributed by atoms with Gasteiger partial charge in [-0.1, -0.05) is 26.0 Å². The van der Waals surface area contributed by atoms with E-state index in [2.05, 4.69) is 16.0 Å². The minimum absolute atomic E-state index is 0.0677. The molecule has 198 valence electrons. The van der Waals surface area contributed by atoms with E-state index in [0.717, 1.165) is 0 Å². The minimum atomic E-state index is -1.69. The maximum atomic E-state index is 12.9. The van der Waals surface area contributed by atoms with Crippen molar-refractivity contribution in [2.75, 3.05) is 0 Å². The average Bonchev–Trinajstić information content (AvgIpc) is 2.77. The van der Waals surface area contributed by atoms with Gasteiger partial charge in [0.05, 0.1) is 18.9 Å². The Labute approximate surface area is 206 Å². The summed E-state index contributed by atoms with van der Waals surface area (Å²) in [7, 11) is 0. The van der Waals surface area contributed by atoms with Gasteiger partial charge in [0.25, 0.3) is 0 Å². The van der Waals surface area contributed by atoms with Gasteiger partial charge in [-0.15, -0.1) is 0 Å². The molecule has 0 saturated heterocycles. The van der Waals surface area contributed by atoms with Gasteiger partial charge in [-0.05, 0) is 23.6 Å². The van der Waals surface area contributed by atoms with E-state index in [1.165, 1.54) is 24.3 Å². The molecule has 4 atom stereocenters. The topological polar surface area (TPSA) is 251 Å². The maximum Gasteiger partial charge on any atom is 0.326 e. The highest BCUT2D eigenvalue weighted by Crippen LogP contribution is 2.12. The predicted molar refractivity (Wildman–Crippen MR) is 124 cm³/mol. The van der Waals surface area contributed by atoms with Crippen LogP contribution in [0.15, 0.2) is 24.3 Å². The zero-order chi connectivity index (χ0) is 27.6. The molecule has 14 nitrogen and oxygen atoms in total. The Morgan fingerprint density at radius 2 is 1.31 bits per heavy atom. The number of aromatic hydroxyl groups is 1. The van der Waals surface area contributed by atoms with E-state index in [9.17, 15) is 44.1 Å². The van der Waals surface area contributed by atoms with Crippen LogP contribution in [-0.4, -0.2) is 75.1 Å². The molecule has 0 aliphatic carbocycles. The standard InChI is InChI=1S/C22H31N5O9/c1-10(2)18(24)21(34)26-14(9-17(30)31)20(33)25-13(7-11-3-5-12(28)6-4-11)19(32)27-15(22(35)36)8-16(23)29/h3-6,10,13-15,18,28H,7-9,24H2,1-2H3,(H2,23,29)(H,25,33)(H,26,34)(H,27,32)(H,30,31)(H,35,36). The van der Waals surface area contributed by atoms with Crippen molar-refractivity contribution >= 4 is 35.6 Å². The summed E-state index contributed by atoms with van der Waals surface area (Å²) in [6.45, 7) is 3.30. The van der Waals surface area contributed by atoms with Gasteiger partial charge in [0, 0.05) is 6.42 Å². The van der Waals surface area contributed by atoms with Gasteiger partial charge < -0.3 is 42.7 Å². The van der Waals surface area contributed by atoms with Crippen LogP contribution < -0.4 is 27.4 Å². The lowest BCUT2D eigenvalue weighted by atomic mass is 10.0. The van der Waals surface area contributed by atoms with Gasteiger partial charge in [-0.2, -0.15) is 0 Å². The summed E-state index contributed by atoms with van der Waals surface area (Å²) in [6.07, 6.45) is -1.75. The molecule has 0 aromatic heterocycles. The normalized spacial score (nSPS) is 14.1. The molecule has 4 unspecified atom stereocenters. The zero-order valence-electron chi connectivity index (χ0n) is 19.8. The first-order chi connectivity index (χ1) is 16.7. The van der Waals surface area contributed by atoms with Crippen LogP contribution in [0.25, 0.3) is 0 Å². The monoisotopic (exact) mass is 509 g/mol. The molecule has 1 aromatic rings. The van der Waals surface area contributed by atoms with E-state index in [0.29, 0.717) is 5.56 Å². The SMILES string of the molecule is CC(C)C(N)C(=O)NC(CC(=O)O)C(=O)NC(Cc1ccc(O)cc1)C(=O)NC(CC(N)=O)C(=O)O. The second-order valence-electron chi connectivity index (χ2n) is 8.43. The number of primary amides is 1. The highest BCUT2D eigenvalue weighted by molar-refractivity contribution is 5.96. The van der Waals surface area contributed by atoms with Crippen molar-refractivity contribution in [2.45, 2.75) is 57.3 Å². The van der Waals surface area contributed by atoms with Crippen LogP contribution in [-0.2, 0) is 35.2 Å². The van der Waals surface area contributed by atoms with Gasteiger partial charge in [-0.25, -0.2) is 4.79 Å². The Bertz CT molecular complexity index is 981. The molecule has 0 bridgehead atoms. The fourth-order valence-corrected chi connectivity index (χ4v) is 2.98. The number of carbonyl (C=O) groups excluding carboxylic acids is 4. The van der Waals surface area contributed by atoms with Crippen molar-refractivity contribution in [3.05, 3.63) is 29.8 Å². The largest absolute Gasteiger partial charge is 0.508 e. The zero-order valence-corrected chi connectivity index (χ0v) is 19.8. The first-order valence-corrected chi connectivity index (χ1v) is 10.9. The van der Waals surface area contributed by atoms with Gasteiger partial charge in [-0.3, -0.25) is 24.0 Å². The van der Waals surface area contributed by atoms with Crippen molar-refractivity contribution in [2.24, 2.45) is 17.4 Å². The molecule has 10 N–H and O–H groups in total. The first kappa shape index (κ1) is 29.8. The molecular formula is C22H31N5O9. The van der Waals surface area contributed by atoms with Gasteiger partial charge in [0.15, 0.2) is 0 Å². The average molecular weight is 510 g/mol. The second kappa shape index (κ2) is 13.6. The first-order valence-electron chi connectivity index (χ1n) is 10.9. The smallest absolute Gasteiger partial charge is 0.326 e. The van der Waals surface area contributed by atoms with Crippen molar-refractivity contribution in [3.8, 4) is 5.75 Å². The van der Waals surface area contributed by atoms with Crippen LogP contribution in [0.3, 0.4) is 0 Å². The van der Waals surface area contributed by atoms with Crippen LogP contribution in [0.2, 0.25) is 0 Å². The van der Waals surface area contributed by atoms with Crippen molar-refractivity contribution < 1.29 is 44.1 Å². The number of nitrogens with one attached hydrogen (secondary N) is 3. The van der Waals surface area contributed by atoms with E-state index in [1.807, 2.05) is 0 Å². The quantitative estimate of drug-likeness (QED) is 0.134. The van der Waals surface area contributed by atoms with Crippen LogP contribution in [0, 0.1) is 5.92 Å². The second-order valence-corrected chi connectivity index (χ2v) is 8.43.